The first-order valence-electron chi connectivity index (χ1n) is 5.18. The first-order valence-corrected chi connectivity index (χ1v) is 5.55. The number of hydrogen-bond acceptors (Lipinski definition) is 3. The summed E-state index contributed by atoms with van der Waals surface area (Å²) in [4.78, 5) is 19.6. The van der Waals surface area contributed by atoms with Crippen molar-refractivity contribution < 1.29 is 0 Å². The van der Waals surface area contributed by atoms with E-state index in [4.69, 9.17) is 11.6 Å². The summed E-state index contributed by atoms with van der Waals surface area (Å²) in [6.45, 7) is 3.27. The Morgan fingerprint density at radius 2 is 2.31 bits per heavy atom. The van der Waals surface area contributed by atoms with Gasteiger partial charge in [0.05, 0.1) is 17.0 Å². The van der Waals surface area contributed by atoms with Crippen LogP contribution in [-0.4, -0.2) is 20.9 Å². The highest BCUT2D eigenvalue weighted by Gasteiger charge is 2.18. The summed E-state index contributed by atoms with van der Waals surface area (Å²) in [5, 5.41) is 3.58. The van der Waals surface area contributed by atoms with Crippen molar-refractivity contribution >= 4 is 17.4 Å². The SMILES string of the molecule is Cc1[nH]c2nc3c(c(=O)n2c1Cl)CNCC3. The Morgan fingerprint density at radius 3 is 3.12 bits per heavy atom. The Labute approximate surface area is 96.5 Å². The molecule has 0 aliphatic carbocycles. The molecule has 2 N–H and O–H groups in total. The first kappa shape index (κ1) is 9.86. The van der Waals surface area contributed by atoms with Crippen LogP contribution in [-0.2, 0) is 13.0 Å². The van der Waals surface area contributed by atoms with E-state index in [1.54, 1.807) is 0 Å². The monoisotopic (exact) mass is 238 g/mol. The Morgan fingerprint density at radius 1 is 1.50 bits per heavy atom. The van der Waals surface area contributed by atoms with E-state index in [1.807, 2.05) is 6.92 Å². The van der Waals surface area contributed by atoms with Gasteiger partial charge in [0.15, 0.2) is 0 Å². The molecule has 0 saturated carbocycles. The van der Waals surface area contributed by atoms with Gasteiger partial charge in [-0.3, -0.25) is 4.79 Å². The van der Waals surface area contributed by atoms with Crippen LogP contribution in [0.2, 0.25) is 5.15 Å². The van der Waals surface area contributed by atoms with Crippen LogP contribution in [0.3, 0.4) is 0 Å². The molecule has 0 spiro atoms. The molecule has 5 nitrogen and oxygen atoms in total. The molecule has 2 aromatic rings. The number of aromatic amines is 1. The summed E-state index contributed by atoms with van der Waals surface area (Å²) in [7, 11) is 0. The number of imidazole rings is 1. The van der Waals surface area contributed by atoms with Crippen molar-refractivity contribution in [2.75, 3.05) is 6.54 Å². The van der Waals surface area contributed by atoms with Gasteiger partial charge in [0.1, 0.15) is 5.15 Å². The number of hydrogen-bond donors (Lipinski definition) is 2. The number of H-pyrrole nitrogens is 1. The normalized spacial score (nSPS) is 15.4. The molecule has 0 amide bonds. The van der Waals surface area contributed by atoms with Gasteiger partial charge in [0.25, 0.3) is 5.56 Å². The van der Waals surface area contributed by atoms with Crippen molar-refractivity contribution in [1.29, 1.82) is 0 Å². The maximum atomic E-state index is 12.2. The fourth-order valence-electron chi connectivity index (χ4n) is 2.06. The van der Waals surface area contributed by atoms with E-state index < -0.39 is 0 Å². The Kier molecular flexibility index (Phi) is 2.05. The lowest BCUT2D eigenvalue weighted by molar-refractivity contribution is 0.620. The van der Waals surface area contributed by atoms with Gasteiger partial charge in [-0.2, -0.15) is 0 Å². The van der Waals surface area contributed by atoms with E-state index >= 15 is 0 Å². The molecule has 3 heterocycles. The second-order valence-corrected chi connectivity index (χ2v) is 4.33. The van der Waals surface area contributed by atoms with Crippen LogP contribution in [0.15, 0.2) is 4.79 Å². The van der Waals surface area contributed by atoms with Crippen molar-refractivity contribution in [3.05, 3.63) is 32.5 Å². The number of nitrogens with zero attached hydrogens (tertiary/aromatic N) is 2. The van der Waals surface area contributed by atoms with Crippen LogP contribution >= 0.6 is 11.6 Å². The summed E-state index contributed by atoms with van der Waals surface area (Å²) in [5.41, 5.74) is 2.30. The van der Waals surface area contributed by atoms with Crippen LogP contribution in [0.5, 0.6) is 0 Å². The van der Waals surface area contributed by atoms with Gasteiger partial charge in [-0.25, -0.2) is 9.38 Å². The molecule has 0 radical (unpaired) electrons. The highest BCUT2D eigenvalue weighted by atomic mass is 35.5. The zero-order chi connectivity index (χ0) is 11.3. The van der Waals surface area contributed by atoms with Gasteiger partial charge in [-0.05, 0) is 6.92 Å². The highest BCUT2D eigenvalue weighted by Crippen LogP contribution is 2.16. The molecule has 0 atom stereocenters. The van der Waals surface area contributed by atoms with Gasteiger partial charge < -0.3 is 10.3 Å². The fourth-order valence-corrected chi connectivity index (χ4v) is 2.26. The largest absolute Gasteiger partial charge is 0.326 e. The Bertz CT molecular complexity index is 628. The molecule has 1 aliphatic rings. The quantitative estimate of drug-likeness (QED) is 0.708. The van der Waals surface area contributed by atoms with Crippen molar-refractivity contribution in [3.8, 4) is 0 Å². The first-order chi connectivity index (χ1) is 7.68. The van der Waals surface area contributed by atoms with Crippen molar-refractivity contribution in [3.63, 3.8) is 0 Å². The molecule has 3 rings (SSSR count). The molecule has 0 fully saturated rings. The molecule has 6 heteroatoms. The number of rotatable bonds is 0. The molecule has 1 aliphatic heterocycles. The third kappa shape index (κ3) is 1.22. The molecule has 0 aromatic carbocycles. The number of aromatic nitrogens is 3. The number of fused-ring (bicyclic) bond motifs is 2. The van der Waals surface area contributed by atoms with Crippen LogP contribution < -0.4 is 10.9 Å². The smallest absolute Gasteiger partial charge is 0.265 e. The van der Waals surface area contributed by atoms with Gasteiger partial charge in [-0.1, -0.05) is 11.6 Å². The summed E-state index contributed by atoms with van der Waals surface area (Å²) in [6.07, 6.45) is 0.788. The summed E-state index contributed by atoms with van der Waals surface area (Å²) >= 11 is 6.06. The fraction of sp³-hybridized carbons (Fsp3) is 0.400. The van der Waals surface area contributed by atoms with Crippen molar-refractivity contribution in [2.45, 2.75) is 19.9 Å². The summed E-state index contributed by atoms with van der Waals surface area (Å²) < 4.78 is 1.43. The van der Waals surface area contributed by atoms with E-state index in [0.717, 1.165) is 29.9 Å². The molecule has 84 valence electrons. The Hall–Kier alpha value is -1.33. The maximum absolute atomic E-state index is 12.2. The molecular weight excluding hydrogens is 228 g/mol. The standard InChI is InChI=1S/C10H11ClN4O/c1-5-8(11)15-9(16)6-4-12-3-2-7(6)14-10(15)13-5/h12H,2-4H2,1H3,(H,13,14). The van der Waals surface area contributed by atoms with Crippen LogP contribution in [0.4, 0.5) is 0 Å². The van der Waals surface area contributed by atoms with Crippen LogP contribution in [0, 0.1) is 6.92 Å². The van der Waals surface area contributed by atoms with Crippen LogP contribution in [0.25, 0.3) is 5.78 Å². The summed E-state index contributed by atoms with van der Waals surface area (Å²) in [5.74, 6) is 0.535. The average molecular weight is 239 g/mol. The number of halogens is 1. The lowest BCUT2D eigenvalue weighted by atomic mass is 10.1. The van der Waals surface area contributed by atoms with E-state index in [0.29, 0.717) is 17.5 Å². The number of aryl methyl sites for hydroxylation is 1. The zero-order valence-electron chi connectivity index (χ0n) is 8.80. The van der Waals surface area contributed by atoms with Gasteiger partial charge in [0, 0.05) is 19.5 Å². The van der Waals surface area contributed by atoms with Crippen LogP contribution in [0.1, 0.15) is 17.0 Å². The van der Waals surface area contributed by atoms with E-state index in [-0.39, 0.29) is 5.56 Å². The molecule has 0 saturated heterocycles. The lowest BCUT2D eigenvalue weighted by Crippen LogP contribution is -2.32. The summed E-state index contributed by atoms with van der Waals surface area (Å²) in [6, 6.07) is 0. The predicted octanol–water partition coefficient (Wildman–Crippen LogP) is 0.630. The molecule has 0 unspecified atom stereocenters. The van der Waals surface area contributed by atoms with E-state index in [1.165, 1.54) is 4.40 Å². The topological polar surface area (TPSA) is 62.2 Å². The van der Waals surface area contributed by atoms with Gasteiger partial charge >= 0.3 is 0 Å². The van der Waals surface area contributed by atoms with Gasteiger partial charge in [-0.15, -0.1) is 0 Å². The third-order valence-corrected chi connectivity index (χ3v) is 3.36. The highest BCUT2D eigenvalue weighted by molar-refractivity contribution is 6.30. The van der Waals surface area contributed by atoms with Crippen molar-refractivity contribution in [2.24, 2.45) is 0 Å². The van der Waals surface area contributed by atoms with E-state index in [2.05, 4.69) is 15.3 Å². The average Bonchev–Trinajstić information content (AvgIpc) is 2.55. The third-order valence-electron chi connectivity index (χ3n) is 2.91. The minimum absolute atomic E-state index is 0.0680. The molecule has 16 heavy (non-hydrogen) atoms. The Balaban J connectivity index is 2.44. The molecular formula is C10H11ClN4O. The molecule has 0 bridgehead atoms. The lowest BCUT2D eigenvalue weighted by Gasteiger charge is -2.14. The number of nitrogens with one attached hydrogen (secondary N) is 2. The second kappa shape index (κ2) is 3.33. The second-order valence-electron chi connectivity index (χ2n) is 3.97. The van der Waals surface area contributed by atoms with Crippen molar-refractivity contribution in [1.82, 2.24) is 19.7 Å². The molecule has 2 aromatic heterocycles. The van der Waals surface area contributed by atoms with E-state index in [9.17, 15) is 4.79 Å². The predicted molar refractivity (Wildman–Crippen MR) is 61.0 cm³/mol. The minimum atomic E-state index is -0.0680. The maximum Gasteiger partial charge on any atom is 0.265 e. The minimum Gasteiger partial charge on any atom is -0.326 e. The zero-order valence-corrected chi connectivity index (χ0v) is 9.56. The van der Waals surface area contributed by atoms with Gasteiger partial charge in [0.2, 0.25) is 5.78 Å².